The molecule has 0 atom stereocenters. The van der Waals surface area contributed by atoms with E-state index in [0.29, 0.717) is 0 Å². The minimum absolute atomic E-state index is 0. The average Bonchev–Trinajstić information content (AvgIpc) is 2.10. The molecule has 0 bridgehead atoms. The van der Waals surface area contributed by atoms with Crippen molar-refractivity contribution >= 4 is 18.3 Å². The van der Waals surface area contributed by atoms with Crippen LogP contribution in [0, 0.1) is 0 Å². The van der Waals surface area contributed by atoms with E-state index in [-0.39, 0.29) is 32.4 Å². The van der Waals surface area contributed by atoms with Crippen molar-refractivity contribution in [2.24, 2.45) is 17.2 Å². The van der Waals surface area contributed by atoms with Gasteiger partial charge in [-0.25, -0.2) is 0 Å². The third-order valence-electron chi connectivity index (χ3n) is 1.24. The average molecular weight is 375 g/mol. The standard InChI is InChI=1S/C6H17N3.2O3Si.Zr/c7-5-3-1-2-4-6(8)9;2*1-4(2)3;/h6H,1-5,7-9H2;;;/q;2*-2;+4. The van der Waals surface area contributed by atoms with Crippen LogP contribution in [0.4, 0.5) is 0 Å². The molecule has 9 nitrogen and oxygen atoms in total. The fraction of sp³-hybridized carbons (Fsp3) is 1.00. The molecule has 0 aliphatic rings. The van der Waals surface area contributed by atoms with E-state index < -0.39 is 18.3 Å². The van der Waals surface area contributed by atoms with Crippen LogP contribution in [0.5, 0.6) is 0 Å². The smallest absolute Gasteiger partial charge is 0.672 e. The second kappa shape index (κ2) is 22.2. The van der Waals surface area contributed by atoms with Crippen LogP contribution in [-0.4, -0.2) is 31.1 Å². The first-order valence-electron chi connectivity index (χ1n) is 4.71. The Morgan fingerprint density at radius 2 is 1.22 bits per heavy atom. The fourth-order valence-corrected chi connectivity index (χ4v) is 0.701. The molecule has 0 aromatic rings. The van der Waals surface area contributed by atoms with Crippen LogP contribution < -0.4 is 36.4 Å². The number of rotatable bonds is 5. The molecule has 0 unspecified atom stereocenters. The van der Waals surface area contributed by atoms with Gasteiger partial charge in [-0.2, -0.15) is 0 Å². The molecule has 0 aromatic carbocycles. The third-order valence-corrected chi connectivity index (χ3v) is 1.24. The summed E-state index contributed by atoms with van der Waals surface area (Å²) in [5.41, 5.74) is 15.9. The van der Waals surface area contributed by atoms with E-state index in [1.165, 1.54) is 0 Å². The number of unbranched alkanes of at least 4 members (excludes halogenated alkanes) is 2. The van der Waals surface area contributed by atoms with Crippen LogP contribution in [-0.2, 0) is 35.1 Å². The van der Waals surface area contributed by atoms with Gasteiger partial charge in [-0.3, -0.25) is 0 Å². The van der Waals surface area contributed by atoms with Gasteiger partial charge in [0.15, 0.2) is 0 Å². The van der Waals surface area contributed by atoms with Crippen molar-refractivity contribution in [3.63, 3.8) is 0 Å². The summed E-state index contributed by atoms with van der Waals surface area (Å²) < 4.78 is 17.0. The van der Waals surface area contributed by atoms with Gasteiger partial charge in [0.1, 0.15) is 0 Å². The summed E-state index contributed by atoms with van der Waals surface area (Å²) in [5, 5.41) is 0. The Bertz CT molecular complexity index is 180. The van der Waals surface area contributed by atoms with E-state index in [9.17, 15) is 0 Å². The van der Waals surface area contributed by atoms with Gasteiger partial charge >= 0.3 is 26.2 Å². The van der Waals surface area contributed by atoms with Gasteiger partial charge in [0.2, 0.25) is 0 Å². The predicted octanol–water partition coefficient (Wildman–Crippen LogP) is -6.01. The first kappa shape index (κ1) is 26.5. The maximum atomic E-state index is 8.52. The van der Waals surface area contributed by atoms with Crippen LogP contribution >= 0.6 is 0 Å². The molecule has 0 fully saturated rings. The molecule has 0 amide bonds. The van der Waals surface area contributed by atoms with Crippen molar-refractivity contribution in [3.8, 4) is 0 Å². The summed E-state index contributed by atoms with van der Waals surface area (Å²) in [6, 6.07) is 0. The predicted molar refractivity (Wildman–Crippen MR) is 52.6 cm³/mol. The Hall–Kier alpha value is -0.00312. The van der Waals surface area contributed by atoms with E-state index in [4.69, 9.17) is 45.3 Å². The maximum absolute atomic E-state index is 8.52. The van der Waals surface area contributed by atoms with Gasteiger partial charge < -0.3 is 45.3 Å². The summed E-state index contributed by atoms with van der Waals surface area (Å²) in [7, 11) is -7.26. The summed E-state index contributed by atoms with van der Waals surface area (Å²) >= 11 is 0. The summed E-state index contributed by atoms with van der Waals surface area (Å²) in [6.45, 7) is 0.778. The van der Waals surface area contributed by atoms with Crippen LogP contribution in [0.3, 0.4) is 0 Å². The van der Waals surface area contributed by atoms with Gasteiger partial charge in [-0.1, -0.05) is 12.8 Å². The van der Waals surface area contributed by atoms with Gasteiger partial charge in [0, 0.05) is 18.3 Å². The minimum atomic E-state index is -3.63. The van der Waals surface area contributed by atoms with Gasteiger partial charge in [0.25, 0.3) is 0 Å². The molecule has 0 spiro atoms. The molecule has 104 valence electrons. The Balaban J connectivity index is -0.0000000922. The Kier molecular flexibility index (Phi) is 32.7. The van der Waals surface area contributed by atoms with Gasteiger partial charge in [-0.15, -0.1) is 0 Å². The molecule has 18 heavy (non-hydrogen) atoms. The van der Waals surface area contributed by atoms with Crippen molar-refractivity contribution in [2.45, 2.75) is 31.8 Å². The quantitative estimate of drug-likeness (QED) is 0.237. The van der Waals surface area contributed by atoms with E-state index in [0.717, 1.165) is 32.2 Å². The van der Waals surface area contributed by atoms with E-state index in [1.54, 1.807) is 0 Å². The van der Waals surface area contributed by atoms with Crippen molar-refractivity contribution in [1.82, 2.24) is 0 Å². The number of hydrogen-bond acceptors (Lipinski definition) is 9. The van der Waals surface area contributed by atoms with Crippen LogP contribution in [0.25, 0.3) is 0 Å². The third kappa shape index (κ3) is 100. The second-order valence-electron chi connectivity index (χ2n) is 2.80. The molecule has 6 N–H and O–H groups in total. The van der Waals surface area contributed by atoms with Crippen LogP contribution in [0.1, 0.15) is 25.7 Å². The largest absolute Gasteiger partial charge is 4.00 e. The Labute approximate surface area is 128 Å². The molecule has 0 radical (unpaired) electrons. The van der Waals surface area contributed by atoms with Crippen molar-refractivity contribution in [3.05, 3.63) is 0 Å². The molecule has 12 heteroatoms. The molecular formula is C6H17N3O6Si2Zr. The molecule has 0 heterocycles. The van der Waals surface area contributed by atoms with Crippen molar-refractivity contribution in [1.29, 1.82) is 0 Å². The van der Waals surface area contributed by atoms with E-state index >= 15 is 0 Å². The molecule has 0 aliphatic carbocycles. The summed E-state index contributed by atoms with van der Waals surface area (Å²) in [5.74, 6) is 0. The number of nitrogens with two attached hydrogens (primary N) is 3. The summed E-state index contributed by atoms with van der Waals surface area (Å²) in [6.07, 6.45) is 4.13. The second-order valence-corrected chi connectivity index (χ2v) is 3.80. The molecule has 0 saturated heterocycles. The monoisotopic (exact) mass is 373 g/mol. The summed E-state index contributed by atoms with van der Waals surface area (Å²) in [4.78, 5) is 34.1. The molecule has 0 aliphatic heterocycles. The zero-order valence-corrected chi connectivity index (χ0v) is 14.3. The number of hydrogen-bond donors (Lipinski definition) is 3. The first-order chi connectivity index (χ1) is 7.73. The minimum Gasteiger partial charge on any atom is -0.672 e. The van der Waals surface area contributed by atoms with Crippen molar-refractivity contribution in [2.75, 3.05) is 6.54 Å². The zero-order chi connectivity index (χ0) is 14.3. The topological polar surface area (TPSA) is 204 Å². The molecule has 0 saturated carbocycles. The van der Waals surface area contributed by atoms with Gasteiger partial charge in [-0.05, 0) is 19.4 Å². The Morgan fingerprint density at radius 1 is 0.889 bits per heavy atom. The molecular weight excluding hydrogens is 357 g/mol. The maximum Gasteiger partial charge on any atom is 4.00 e. The van der Waals surface area contributed by atoms with Crippen LogP contribution in [0.15, 0.2) is 0 Å². The van der Waals surface area contributed by atoms with Crippen molar-refractivity contribution < 1.29 is 54.3 Å². The van der Waals surface area contributed by atoms with E-state index in [2.05, 4.69) is 0 Å². The SMILES string of the molecule is NCCCCCC(N)N.O=[Si]([O-])[O-].O=[Si]([O-])[O-].[Zr+4]. The Morgan fingerprint density at radius 3 is 1.44 bits per heavy atom. The fourth-order valence-electron chi connectivity index (χ4n) is 0.701. The zero-order valence-electron chi connectivity index (χ0n) is 9.79. The molecule has 0 aromatic heterocycles. The first-order valence-corrected chi connectivity index (χ1v) is 7.16. The van der Waals surface area contributed by atoms with Crippen LogP contribution in [0.2, 0.25) is 0 Å². The molecule has 0 rings (SSSR count). The van der Waals surface area contributed by atoms with Gasteiger partial charge in [0.05, 0.1) is 6.17 Å². The normalized spacial score (nSPS) is 8.00. The van der Waals surface area contributed by atoms with E-state index in [1.807, 2.05) is 0 Å².